The molecular weight excluding hydrogens is 763 g/mol. The Labute approximate surface area is 367 Å². The van der Waals surface area contributed by atoms with E-state index in [4.69, 9.17) is 10.4 Å². The van der Waals surface area contributed by atoms with E-state index < -0.39 is 0 Å². The minimum absolute atomic E-state index is 0.0761. The van der Waals surface area contributed by atoms with Gasteiger partial charge < -0.3 is 0 Å². The Morgan fingerprint density at radius 2 is 1.11 bits per heavy atom. The standard InChI is InChI=1S/C60H43N3/c1-60(2)55-33-28-44(37-54(55)58-48-18-7-6-13-40(48)27-34-56(58)60)47-31-32-53(51-21-11-10-20-50(47)51)52-30-26-41(46-17-8-9-19-49(46)52)29-35-57(63-59(61)43-14-4-3-5-15-43)42-24-22-39(23-25-42)45-16-12-36-62-38-45/h3-38,61H,1-2H3/b35-29+,61-59?,63-57?. The molecule has 0 radical (unpaired) electrons. The van der Waals surface area contributed by atoms with Crippen LogP contribution in [0.1, 0.15) is 41.7 Å². The molecule has 0 spiro atoms. The van der Waals surface area contributed by atoms with Crippen molar-refractivity contribution in [1.29, 1.82) is 5.41 Å². The molecule has 1 aliphatic rings. The Hall–Kier alpha value is -8.01. The van der Waals surface area contributed by atoms with E-state index >= 15 is 0 Å². The molecule has 1 heterocycles. The molecule has 9 aromatic carbocycles. The number of hydrogen-bond acceptors (Lipinski definition) is 2. The van der Waals surface area contributed by atoms with Crippen LogP contribution in [0.2, 0.25) is 0 Å². The fourth-order valence-corrected chi connectivity index (χ4v) is 9.69. The van der Waals surface area contributed by atoms with Crippen molar-refractivity contribution in [3.05, 3.63) is 240 Å². The summed E-state index contributed by atoms with van der Waals surface area (Å²) in [6.45, 7) is 4.71. The number of nitrogens with one attached hydrogen (secondary N) is 1. The monoisotopic (exact) mass is 805 g/mol. The minimum Gasteiger partial charge on any atom is -0.282 e. The zero-order valence-corrected chi connectivity index (χ0v) is 35.2. The molecule has 0 saturated carbocycles. The molecule has 0 saturated heterocycles. The zero-order valence-electron chi connectivity index (χ0n) is 35.2. The van der Waals surface area contributed by atoms with E-state index in [0.717, 1.165) is 33.2 Å². The molecule has 1 aromatic heterocycles. The van der Waals surface area contributed by atoms with E-state index in [1.54, 1.807) is 6.20 Å². The first-order valence-corrected chi connectivity index (χ1v) is 21.6. The Morgan fingerprint density at radius 1 is 0.492 bits per heavy atom. The molecule has 63 heavy (non-hydrogen) atoms. The number of aliphatic imine (C=N–C) groups is 1. The van der Waals surface area contributed by atoms with Crippen molar-refractivity contribution in [2.75, 3.05) is 0 Å². The van der Waals surface area contributed by atoms with Gasteiger partial charge in [0.2, 0.25) is 0 Å². The summed E-state index contributed by atoms with van der Waals surface area (Å²) >= 11 is 0. The molecule has 0 bridgehead atoms. The molecule has 10 aromatic rings. The molecule has 1 N–H and O–H groups in total. The highest BCUT2D eigenvalue weighted by atomic mass is 14.8. The van der Waals surface area contributed by atoms with Crippen LogP contribution in [0.3, 0.4) is 0 Å². The van der Waals surface area contributed by atoms with Gasteiger partial charge in [0.05, 0.1) is 5.71 Å². The summed E-state index contributed by atoms with van der Waals surface area (Å²) in [5.74, 6) is 0.212. The van der Waals surface area contributed by atoms with Gasteiger partial charge in [-0.2, -0.15) is 0 Å². The molecule has 0 fully saturated rings. The number of allylic oxidation sites excluding steroid dienone is 1. The van der Waals surface area contributed by atoms with Crippen LogP contribution < -0.4 is 0 Å². The van der Waals surface area contributed by atoms with Crippen LogP contribution in [0.15, 0.2) is 218 Å². The summed E-state index contributed by atoms with van der Waals surface area (Å²) in [6, 6.07) is 69.1. The number of rotatable bonds is 7. The third-order valence-electron chi connectivity index (χ3n) is 12.9. The number of hydrogen-bond donors (Lipinski definition) is 1. The number of aromatic nitrogens is 1. The lowest BCUT2D eigenvalue weighted by Gasteiger charge is -2.22. The van der Waals surface area contributed by atoms with E-state index in [0.29, 0.717) is 5.71 Å². The number of amidine groups is 1. The molecule has 298 valence electrons. The lowest BCUT2D eigenvalue weighted by molar-refractivity contribution is 0.661. The number of nitrogens with zero attached hydrogens (tertiary/aromatic N) is 2. The van der Waals surface area contributed by atoms with E-state index in [9.17, 15) is 0 Å². The Balaban J connectivity index is 0.987. The zero-order chi connectivity index (χ0) is 42.5. The third kappa shape index (κ3) is 6.66. The molecule has 1 aliphatic carbocycles. The quantitative estimate of drug-likeness (QED) is 0.127. The maximum atomic E-state index is 8.94. The van der Waals surface area contributed by atoms with E-state index in [1.807, 2.05) is 48.7 Å². The smallest absolute Gasteiger partial charge is 0.152 e. The maximum Gasteiger partial charge on any atom is 0.152 e. The molecule has 3 nitrogen and oxygen atoms in total. The van der Waals surface area contributed by atoms with Gasteiger partial charge in [0, 0.05) is 28.9 Å². The summed E-state index contributed by atoms with van der Waals surface area (Å²) in [5.41, 5.74) is 15.8. The number of benzene rings is 9. The Kier molecular flexibility index (Phi) is 9.32. The second-order valence-corrected chi connectivity index (χ2v) is 16.9. The van der Waals surface area contributed by atoms with Crippen LogP contribution in [0.25, 0.3) is 82.9 Å². The SMILES string of the molecule is CC1(C)c2ccc(-c3ccc(-c4ccc(/C=C/C(=NC(=N)c5ccccc5)c5ccc(-c6cccnc6)cc5)c5ccccc45)c4ccccc34)cc2-c2c1ccc1ccccc21. The van der Waals surface area contributed by atoms with Crippen molar-refractivity contribution >= 4 is 49.9 Å². The summed E-state index contributed by atoms with van der Waals surface area (Å²) in [4.78, 5) is 9.20. The van der Waals surface area contributed by atoms with Gasteiger partial charge in [-0.3, -0.25) is 10.4 Å². The Bertz CT molecular complexity index is 3470. The van der Waals surface area contributed by atoms with Crippen LogP contribution in [0.4, 0.5) is 0 Å². The lowest BCUT2D eigenvalue weighted by atomic mass is 9.81. The molecular formula is C60H43N3. The van der Waals surface area contributed by atoms with Gasteiger partial charge in [0.15, 0.2) is 5.84 Å². The molecule has 0 amide bonds. The lowest BCUT2D eigenvalue weighted by Crippen LogP contribution is -2.14. The van der Waals surface area contributed by atoms with E-state index in [-0.39, 0.29) is 11.3 Å². The van der Waals surface area contributed by atoms with Crippen molar-refractivity contribution in [2.24, 2.45) is 4.99 Å². The van der Waals surface area contributed by atoms with Gasteiger partial charge >= 0.3 is 0 Å². The van der Waals surface area contributed by atoms with Crippen molar-refractivity contribution in [1.82, 2.24) is 4.98 Å². The largest absolute Gasteiger partial charge is 0.282 e. The highest BCUT2D eigenvalue weighted by Gasteiger charge is 2.36. The first-order valence-electron chi connectivity index (χ1n) is 21.6. The second kappa shape index (κ2) is 15.5. The Morgan fingerprint density at radius 3 is 1.86 bits per heavy atom. The van der Waals surface area contributed by atoms with Crippen LogP contribution in [-0.4, -0.2) is 16.5 Å². The first kappa shape index (κ1) is 38.0. The third-order valence-corrected chi connectivity index (χ3v) is 12.9. The average molecular weight is 806 g/mol. The van der Waals surface area contributed by atoms with Gasteiger partial charge in [-0.15, -0.1) is 0 Å². The van der Waals surface area contributed by atoms with Crippen molar-refractivity contribution in [2.45, 2.75) is 19.3 Å². The van der Waals surface area contributed by atoms with Crippen LogP contribution in [-0.2, 0) is 5.41 Å². The summed E-state index contributed by atoms with van der Waals surface area (Å²) < 4.78 is 0. The predicted molar refractivity (Wildman–Crippen MR) is 266 cm³/mol. The van der Waals surface area contributed by atoms with Crippen LogP contribution in [0.5, 0.6) is 0 Å². The molecule has 0 atom stereocenters. The fourth-order valence-electron chi connectivity index (χ4n) is 9.69. The van der Waals surface area contributed by atoms with Gasteiger partial charge in [0.25, 0.3) is 0 Å². The van der Waals surface area contributed by atoms with Crippen molar-refractivity contribution in [3.8, 4) is 44.5 Å². The van der Waals surface area contributed by atoms with Crippen molar-refractivity contribution < 1.29 is 0 Å². The van der Waals surface area contributed by atoms with Crippen molar-refractivity contribution in [3.63, 3.8) is 0 Å². The summed E-state index contributed by atoms with van der Waals surface area (Å²) in [5, 5.41) is 16.3. The summed E-state index contributed by atoms with van der Waals surface area (Å²) in [6.07, 6.45) is 7.83. The molecule has 0 unspecified atom stereocenters. The highest BCUT2D eigenvalue weighted by Crippen LogP contribution is 2.52. The molecule has 0 aliphatic heterocycles. The van der Waals surface area contributed by atoms with Gasteiger partial charge in [-0.05, 0) is 112 Å². The van der Waals surface area contributed by atoms with Gasteiger partial charge in [0.1, 0.15) is 0 Å². The topological polar surface area (TPSA) is 49.1 Å². The van der Waals surface area contributed by atoms with Crippen LogP contribution in [0, 0.1) is 5.41 Å². The fraction of sp³-hybridized carbons (Fsp3) is 0.0500. The summed E-state index contributed by atoms with van der Waals surface area (Å²) in [7, 11) is 0. The van der Waals surface area contributed by atoms with Gasteiger partial charge in [-0.1, -0.05) is 202 Å². The normalized spacial score (nSPS) is 13.1. The minimum atomic E-state index is -0.0761. The predicted octanol–water partition coefficient (Wildman–Crippen LogP) is 15.4. The second-order valence-electron chi connectivity index (χ2n) is 16.9. The van der Waals surface area contributed by atoms with E-state index in [2.05, 4.69) is 183 Å². The number of fused-ring (bicyclic) bond motifs is 7. The molecule has 11 rings (SSSR count). The highest BCUT2D eigenvalue weighted by molar-refractivity contribution is 6.18. The maximum absolute atomic E-state index is 8.94. The van der Waals surface area contributed by atoms with E-state index in [1.165, 1.54) is 71.4 Å². The van der Waals surface area contributed by atoms with Crippen LogP contribution >= 0.6 is 0 Å². The number of pyridine rings is 1. The molecule has 3 heteroatoms. The van der Waals surface area contributed by atoms with Gasteiger partial charge in [-0.25, -0.2) is 4.99 Å². The first-order chi connectivity index (χ1) is 30.9. The average Bonchev–Trinajstić information content (AvgIpc) is 3.58.